The van der Waals surface area contributed by atoms with Crippen molar-refractivity contribution in [3.05, 3.63) is 12.3 Å². The first kappa shape index (κ1) is 18.8. The largest absolute Gasteiger partial charge is 0.290 e. The number of unbranched alkanes of at least 4 members (excludes halogenated alkanes) is 2. The summed E-state index contributed by atoms with van der Waals surface area (Å²) in [4.78, 5) is 38.5. The van der Waals surface area contributed by atoms with E-state index in [4.69, 9.17) is 0 Å². The highest BCUT2D eigenvalue weighted by atomic mass is 16.5. The molecule has 1 rings (SSSR count). The molecule has 0 aromatic carbocycles. The Bertz CT molecular complexity index is 490. The molecule has 8 heteroatoms. The summed E-state index contributed by atoms with van der Waals surface area (Å²) in [6, 6.07) is 0. The summed E-state index contributed by atoms with van der Waals surface area (Å²) < 4.78 is 0. The minimum atomic E-state index is -0.573. The second kappa shape index (κ2) is 9.73. The molecule has 2 atom stereocenters. The zero-order chi connectivity index (χ0) is 17.2. The van der Waals surface area contributed by atoms with Gasteiger partial charge in [0.1, 0.15) is 0 Å². The highest BCUT2D eigenvalue weighted by molar-refractivity contribution is 6.40. The molecule has 0 saturated heterocycles. The van der Waals surface area contributed by atoms with E-state index >= 15 is 0 Å². The molecular weight excluding hydrogens is 300 g/mol. The highest BCUT2D eigenvalue weighted by Crippen LogP contribution is 2.11. The van der Waals surface area contributed by atoms with Gasteiger partial charge in [0.25, 0.3) is 0 Å². The minimum Gasteiger partial charge on any atom is -0.290 e. The maximum atomic E-state index is 12.2. The van der Waals surface area contributed by atoms with Gasteiger partial charge in [0.2, 0.25) is 18.1 Å². The van der Waals surface area contributed by atoms with Crippen molar-refractivity contribution >= 4 is 23.9 Å². The Balaban J connectivity index is 2.58. The average Bonchev–Trinajstić information content (AvgIpc) is 2.55. The monoisotopic (exact) mass is 324 g/mol. The molecule has 1 aliphatic rings. The lowest BCUT2D eigenvalue weighted by molar-refractivity contribution is -0.154. The van der Waals surface area contributed by atoms with Gasteiger partial charge in [0, 0.05) is 12.1 Å². The Morgan fingerprint density at radius 3 is 2.91 bits per heavy atom. The zero-order valence-corrected chi connectivity index (χ0v) is 13.5. The first-order chi connectivity index (χ1) is 11.0. The van der Waals surface area contributed by atoms with Crippen molar-refractivity contribution in [1.29, 1.82) is 0 Å². The summed E-state index contributed by atoms with van der Waals surface area (Å²) >= 11 is 0. The van der Waals surface area contributed by atoms with Crippen molar-refractivity contribution in [2.24, 2.45) is 16.8 Å². The molecule has 0 aromatic rings. The van der Waals surface area contributed by atoms with Crippen molar-refractivity contribution < 1.29 is 19.6 Å². The van der Waals surface area contributed by atoms with Crippen LogP contribution in [0.4, 0.5) is 0 Å². The van der Waals surface area contributed by atoms with Crippen LogP contribution in [-0.4, -0.2) is 40.8 Å². The number of aliphatic imine (C=N–C) groups is 1. The van der Waals surface area contributed by atoms with Crippen LogP contribution in [0.3, 0.4) is 0 Å². The molecule has 0 aromatic heterocycles. The molecule has 0 radical (unpaired) electrons. The van der Waals surface area contributed by atoms with Crippen LogP contribution in [0.1, 0.15) is 39.5 Å². The Morgan fingerprint density at radius 2 is 2.26 bits per heavy atom. The van der Waals surface area contributed by atoms with Gasteiger partial charge in [-0.25, -0.2) is 10.1 Å². The Labute approximate surface area is 135 Å². The van der Waals surface area contributed by atoms with Crippen LogP contribution in [0.2, 0.25) is 0 Å². The van der Waals surface area contributed by atoms with Gasteiger partial charge in [0.15, 0.2) is 5.84 Å². The molecule has 1 aliphatic heterocycles. The van der Waals surface area contributed by atoms with Crippen LogP contribution >= 0.6 is 0 Å². The number of amides is 2. The standard InChI is InChI=1S/C15H24N4O4/c1-3-4-5-6-12(9-19(23)10-20)15(22)18-17-14-13(21)11(2)7-8-16-14/h7-8,10-12,23H,3-6,9H2,1-2H3,(H,16,17)(H,18,22)/t11?,12-/m1/s1. The number of nitrogens with one attached hydrogen (secondary N) is 2. The Hall–Kier alpha value is -2.22. The average molecular weight is 324 g/mol. The molecule has 0 fully saturated rings. The van der Waals surface area contributed by atoms with E-state index in [0.29, 0.717) is 11.5 Å². The normalized spacial score (nSPS) is 18.1. The van der Waals surface area contributed by atoms with Crippen LogP contribution in [0.5, 0.6) is 0 Å². The van der Waals surface area contributed by atoms with E-state index in [1.165, 1.54) is 6.20 Å². The maximum absolute atomic E-state index is 12.2. The predicted octanol–water partition coefficient (Wildman–Crippen LogP) is 0.782. The third kappa shape index (κ3) is 6.19. The van der Waals surface area contributed by atoms with Crippen molar-refractivity contribution in [3.8, 4) is 0 Å². The fourth-order valence-corrected chi connectivity index (χ4v) is 2.14. The Morgan fingerprint density at radius 1 is 1.52 bits per heavy atom. The maximum Gasteiger partial charge on any atom is 0.243 e. The van der Waals surface area contributed by atoms with Crippen LogP contribution in [0.15, 0.2) is 17.3 Å². The first-order valence-corrected chi connectivity index (χ1v) is 7.75. The van der Waals surface area contributed by atoms with E-state index in [0.717, 1.165) is 19.3 Å². The minimum absolute atomic E-state index is 0.0666. The number of rotatable bonds is 8. The molecule has 128 valence electrons. The number of hydrogen-bond donors (Lipinski definition) is 3. The van der Waals surface area contributed by atoms with Gasteiger partial charge in [-0.3, -0.25) is 30.4 Å². The van der Waals surface area contributed by atoms with Crippen LogP contribution < -0.4 is 10.9 Å². The summed E-state index contributed by atoms with van der Waals surface area (Å²) in [6.45, 7) is 3.68. The fourth-order valence-electron chi connectivity index (χ4n) is 2.14. The summed E-state index contributed by atoms with van der Waals surface area (Å²) in [5.74, 6) is -1.42. The highest BCUT2D eigenvalue weighted by Gasteiger charge is 2.23. The number of ketones is 1. The fraction of sp³-hybridized carbons (Fsp3) is 0.600. The lowest BCUT2D eigenvalue weighted by Crippen LogP contribution is -2.50. The van der Waals surface area contributed by atoms with Crippen molar-refractivity contribution in [1.82, 2.24) is 15.9 Å². The van der Waals surface area contributed by atoms with E-state index in [2.05, 4.69) is 15.8 Å². The van der Waals surface area contributed by atoms with Crippen LogP contribution in [-0.2, 0) is 14.4 Å². The van der Waals surface area contributed by atoms with Gasteiger partial charge in [-0.1, -0.05) is 39.2 Å². The molecular formula is C15H24N4O4. The topological polar surface area (TPSA) is 111 Å². The number of hydrogen-bond acceptors (Lipinski definition) is 6. The van der Waals surface area contributed by atoms with Crippen molar-refractivity contribution in [2.45, 2.75) is 39.5 Å². The number of amidine groups is 1. The predicted molar refractivity (Wildman–Crippen MR) is 84.2 cm³/mol. The summed E-state index contributed by atoms with van der Waals surface area (Å²) in [7, 11) is 0. The van der Waals surface area contributed by atoms with E-state index in [9.17, 15) is 19.6 Å². The molecule has 1 unspecified atom stereocenters. The molecule has 0 bridgehead atoms. The summed E-state index contributed by atoms with van der Waals surface area (Å²) in [6.07, 6.45) is 6.71. The van der Waals surface area contributed by atoms with Crippen molar-refractivity contribution in [2.75, 3.05) is 6.54 Å². The second-order valence-electron chi connectivity index (χ2n) is 5.51. The zero-order valence-electron chi connectivity index (χ0n) is 13.5. The number of hydroxylamine groups is 2. The lowest BCUT2D eigenvalue weighted by Gasteiger charge is -2.21. The smallest absolute Gasteiger partial charge is 0.243 e. The Kier molecular flexibility index (Phi) is 7.96. The van der Waals surface area contributed by atoms with E-state index < -0.39 is 11.8 Å². The molecule has 0 saturated carbocycles. The summed E-state index contributed by atoms with van der Waals surface area (Å²) in [5, 5.41) is 9.75. The molecule has 3 N–H and O–H groups in total. The number of nitrogens with zero attached hydrogens (tertiary/aromatic N) is 2. The third-order valence-corrected chi connectivity index (χ3v) is 3.59. The molecule has 2 amide bonds. The van der Waals surface area contributed by atoms with Crippen molar-refractivity contribution in [3.63, 3.8) is 0 Å². The van der Waals surface area contributed by atoms with Gasteiger partial charge in [-0.15, -0.1) is 0 Å². The van der Waals surface area contributed by atoms with Gasteiger partial charge in [-0.2, -0.15) is 0 Å². The number of carbonyl (C=O) groups is 3. The first-order valence-electron chi connectivity index (χ1n) is 7.75. The number of allylic oxidation sites excluding steroid dienone is 1. The lowest BCUT2D eigenvalue weighted by atomic mass is 10.0. The van der Waals surface area contributed by atoms with Crippen LogP contribution in [0, 0.1) is 11.8 Å². The van der Waals surface area contributed by atoms with E-state index in [1.807, 2.05) is 6.92 Å². The number of Topliss-reactive ketones (excluding diaryl/α,β-unsaturated/α-hetero) is 1. The molecule has 23 heavy (non-hydrogen) atoms. The van der Waals surface area contributed by atoms with E-state index in [-0.39, 0.29) is 30.5 Å². The van der Waals surface area contributed by atoms with Gasteiger partial charge >= 0.3 is 0 Å². The van der Waals surface area contributed by atoms with Crippen LogP contribution in [0.25, 0.3) is 0 Å². The quantitative estimate of drug-likeness (QED) is 0.264. The molecule has 8 nitrogen and oxygen atoms in total. The van der Waals surface area contributed by atoms with Gasteiger partial charge in [-0.05, 0) is 6.42 Å². The van der Waals surface area contributed by atoms with Gasteiger partial charge in [0.05, 0.1) is 12.5 Å². The summed E-state index contributed by atoms with van der Waals surface area (Å²) in [5.41, 5.74) is 4.96. The second-order valence-corrected chi connectivity index (χ2v) is 5.51. The third-order valence-electron chi connectivity index (χ3n) is 3.59. The SMILES string of the molecule is CCCCC[C@H](CN(O)C=O)C(=O)NNC1=NC=CC(C)C1=O. The molecule has 0 spiro atoms. The van der Waals surface area contributed by atoms with Gasteiger partial charge < -0.3 is 0 Å². The number of hydrazine groups is 1. The molecule has 0 aliphatic carbocycles. The van der Waals surface area contributed by atoms with E-state index in [1.54, 1.807) is 13.0 Å². The number of carbonyl (C=O) groups excluding carboxylic acids is 3. The molecule has 1 heterocycles.